The maximum Gasteiger partial charge on any atom is 0.192 e. The van der Waals surface area contributed by atoms with Gasteiger partial charge < -0.3 is 25.0 Å². The van der Waals surface area contributed by atoms with Crippen molar-refractivity contribution in [3.8, 4) is 11.5 Å². The molecule has 0 amide bonds. The second-order valence-corrected chi connectivity index (χ2v) is 7.01. The molecule has 2 aromatic rings. The van der Waals surface area contributed by atoms with Gasteiger partial charge in [0.2, 0.25) is 0 Å². The molecule has 0 radical (unpaired) electrons. The Morgan fingerprint density at radius 3 is 2.50 bits per heavy atom. The average molecular weight is 414 g/mol. The Morgan fingerprint density at radius 1 is 1.10 bits per heavy atom. The summed E-state index contributed by atoms with van der Waals surface area (Å²) in [6.45, 7) is 10.6. The molecule has 1 aromatic carbocycles. The molecule has 0 fully saturated rings. The molecule has 0 aliphatic heterocycles. The van der Waals surface area contributed by atoms with Crippen molar-refractivity contribution in [1.82, 2.24) is 15.6 Å². The normalized spacial score (nSPS) is 12.3. The summed E-state index contributed by atoms with van der Waals surface area (Å²) in [4.78, 5) is 11.2. The maximum atomic E-state index is 5.76. The highest BCUT2D eigenvalue weighted by Gasteiger charge is 2.13. The summed E-state index contributed by atoms with van der Waals surface area (Å²) in [7, 11) is 3.98. The van der Waals surface area contributed by atoms with Gasteiger partial charge in [-0.3, -0.25) is 0 Å². The first kappa shape index (κ1) is 23.3. The molecule has 0 saturated carbocycles. The Labute approximate surface area is 180 Å². The largest absolute Gasteiger partial charge is 0.490 e. The van der Waals surface area contributed by atoms with Crippen LogP contribution in [0.4, 0.5) is 5.82 Å². The van der Waals surface area contributed by atoms with Gasteiger partial charge in [0.15, 0.2) is 17.5 Å². The summed E-state index contributed by atoms with van der Waals surface area (Å²) in [5.41, 5.74) is 2.18. The highest BCUT2D eigenvalue weighted by molar-refractivity contribution is 5.80. The van der Waals surface area contributed by atoms with E-state index in [1.54, 1.807) is 6.20 Å². The number of pyridine rings is 1. The van der Waals surface area contributed by atoms with Crippen LogP contribution in [0.25, 0.3) is 0 Å². The molecule has 1 atom stereocenters. The average Bonchev–Trinajstić information content (AvgIpc) is 2.73. The van der Waals surface area contributed by atoms with E-state index >= 15 is 0 Å². The van der Waals surface area contributed by atoms with Crippen LogP contribution in [0.1, 0.15) is 44.9 Å². The first-order valence-electron chi connectivity index (χ1n) is 10.6. The molecule has 2 N–H and O–H groups in total. The van der Waals surface area contributed by atoms with Gasteiger partial charge in [0.05, 0.1) is 25.8 Å². The fourth-order valence-electron chi connectivity index (χ4n) is 3.07. The fourth-order valence-corrected chi connectivity index (χ4v) is 3.07. The van der Waals surface area contributed by atoms with Crippen molar-refractivity contribution in [2.75, 3.05) is 38.8 Å². The number of ether oxygens (including phenoxy) is 2. The zero-order valence-corrected chi connectivity index (χ0v) is 19.0. The van der Waals surface area contributed by atoms with E-state index in [1.165, 1.54) is 0 Å². The van der Waals surface area contributed by atoms with Crippen molar-refractivity contribution in [3.63, 3.8) is 0 Å². The Balaban J connectivity index is 2.18. The van der Waals surface area contributed by atoms with Crippen LogP contribution in [0.5, 0.6) is 11.5 Å². The lowest BCUT2D eigenvalue weighted by Crippen LogP contribution is -2.38. The third kappa shape index (κ3) is 6.54. The van der Waals surface area contributed by atoms with Crippen LogP contribution in [0.3, 0.4) is 0 Å². The second-order valence-electron chi connectivity index (χ2n) is 7.01. The summed E-state index contributed by atoms with van der Waals surface area (Å²) in [6.07, 6.45) is 1.80. The van der Waals surface area contributed by atoms with E-state index in [1.807, 2.05) is 51.0 Å². The molecule has 0 saturated heterocycles. The van der Waals surface area contributed by atoms with E-state index < -0.39 is 0 Å². The number of hydrogen-bond acceptors (Lipinski definition) is 5. The van der Waals surface area contributed by atoms with Crippen molar-refractivity contribution in [1.29, 1.82) is 0 Å². The van der Waals surface area contributed by atoms with Crippen molar-refractivity contribution in [2.45, 2.75) is 40.3 Å². The third-order valence-electron chi connectivity index (χ3n) is 4.46. The number of guanidine groups is 1. The Morgan fingerprint density at radius 2 is 1.83 bits per heavy atom. The standard InChI is InChI=1S/C23H35N5O2/c1-7-24-23(26-16-19-11-10-14-25-22(19)28(5)6)27-17(4)18-12-13-20(29-8-2)21(15-18)30-9-3/h10-15,17H,7-9,16H2,1-6H3,(H2,24,26,27). The SMILES string of the molecule is CCNC(=NCc1cccnc1N(C)C)NC(C)c1ccc(OCC)c(OCC)c1. The predicted octanol–water partition coefficient (Wildman–Crippen LogP) is 3.76. The fraction of sp³-hybridized carbons (Fsp3) is 0.478. The molecule has 1 unspecified atom stereocenters. The van der Waals surface area contributed by atoms with Crippen LogP contribution in [0, 0.1) is 0 Å². The van der Waals surface area contributed by atoms with E-state index in [-0.39, 0.29) is 6.04 Å². The number of hydrogen-bond donors (Lipinski definition) is 2. The molecule has 7 heteroatoms. The number of rotatable bonds is 10. The summed E-state index contributed by atoms with van der Waals surface area (Å²) in [6, 6.07) is 10.1. The van der Waals surface area contributed by atoms with E-state index in [2.05, 4.69) is 41.6 Å². The van der Waals surface area contributed by atoms with Crippen LogP contribution in [-0.2, 0) is 6.54 Å². The number of nitrogens with one attached hydrogen (secondary N) is 2. The van der Waals surface area contributed by atoms with Gasteiger partial charge in [-0.2, -0.15) is 0 Å². The Kier molecular flexibility index (Phi) is 9.25. The van der Waals surface area contributed by atoms with E-state index in [4.69, 9.17) is 14.5 Å². The molecule has 1 heterocycles. The van der Waals surface area contributed by atoms with Gasteiger partial charge in [-0.05, 0) is 51.5 Å². The first-order chi connectivity index (χ1) is 14.5. The number of aliphatic imine (C=N–C) groups is 1. The summed E-state index contributed by atoms with van der Waals surface area (Å²) >= 11 is 0. The molecular weight excluding hydrogens is 378 g/mol. The topological polar surface area (TPSA) is 71.0 Å². The highest BCUT2D eigenvalue weighted by Crippen LogP contribution is 2.30. The van der Waals surface area contributed by atoms with Gasteiger partial charge in [0.1, 0.15) is 5.82 Å². The van der Waals surface area contributed by atoms with Crippen molar-refractivity contribution in [2.24, 2.45) is 4.99 Å². The molecule has 2 rings (SSSR count). The minimum atomic E-state index is 0.0416. The van der Waals surface area contributed by atoms with E-state index in [9.17, 15) is 0 Å². The lowest BCUT2D eigenvalue weighted by Gasteiger charge is -2.20. The number of benzene rings is 1. The molecule has 0 bridgehead atoms. The van der Waals surface area contributed by atoms with Crippen LogP contribution < -0.4 is 25.0 Å². The molecule has 0 aliphatic carbocycles. The van der Waals surface area contributed by atoms with Gasteiger partial charge in [0, 0.05) is 32.4 Å². The van der Waals surface area contributed by atoms with Crippen molar-refractivity contribution >= 4 is 11.8 Å². The zero-order chi connectivity index (χ0) is 21.9. The van der Waals surface area contributed by atoms with Crippen molar-refractivity contribution in [3.05, 3.63) is 47.7 Å². The highest BCUT2D eigenvalue weighted by atomic mass is 16.5. The first-order valence-corrected chi connectivity index (χ1v) is 10.6. The lowest BCUT2D eigenvalue weighted by atomic mass is 10.1. The van der Waals surface area contributed by atoms with Crippen LogP contribution in [-0.4, -0.2) is 44.8 Å². The molecule has 0 aliphatic rings. The maximum absolute atomic E-state index is 5.76. The molecule has 30 heavy (non-hydrogen) atoms. The minimum absolute atomic E-state index is 0.0416. The summed E-state index contributed by atoms with van der Waals surface area (Å²) in [5.74, 6) is 3.21. The Hall–Kier alpha value is -2.96. The van der Waals surface area contributed by atoms with E-state index in [0.717, 1.165) is 40.9 Å². The van der Waals surface area contributed by atoms with Crippen LogP contribution >= 0.6 is 0 Å². The molecule has 7 nitrogen and oxygen atoms in total. The molecule has 164 valence electrons. The minimum Gasteiger partial charge on any atom is -0.490 e. The third-order valence-corrected chi connectivity index (χ3v) is 4.46. The smallest absolute Gasteiger partial charge is 0.192 e. The quantitative estimate of drug-likeness (QED) is 0.456. The molecular formula is C23H35N5O2. The number of aromatic nitrogens is 1. The monoisotopic (exact) mass is 413 g/mol. The van der Waals surface area contributed by atoms with Crippen LogP contribution in [0.15, 0.2) is 41.5 Å². The molecule has 1 aromatic heterocycles. The van der Waals surface area contributed by atoms with E-state index in [0.29, 0.717) is 19.8 Å². The molecule has 0 spiro atoms. The number of anilines is 1. The Bertz CT molecular complexity index is 823. The van der Waals surface area contributed by atoms with Crippen LogP contribution in [0.2, 0.25) is 0 Å². The van der Waals surface area contributed by atoms with Gasteiger partial charge >= 0.3 is 0 Å². The lowest BCUT2D eigenvalue weighted by molar-refractivity contribution is 0.287. The van der Waals surface area contributed by atoms with Crippen molar-refractivity contribution < 1.29 is 9.47 Å². The van der Waals surface area contributed by atoms with Gasteiger partial charge in [-0.1, -0.05) is 12.1 Å². The summed E-state index contributed by atoms with van der Waals surface area (Å²) < 4.78 is 11.4. The van der Waals surface area contributed by atoms with Gasteiger partial charge in [0.25, 0.3) is 0 Å². The van der Waals surface area contributed by atoms with Gasteiger partial charge in [-0.25, -0.2) is 9.98 Å². The summed E-state index contributed by atoms with van der Waals surface area (Å²) in [5, 5.41) is 6.81. The second kappa shape index (κ2) is 11.9. The zero-order valence-electron chi connectivity index (χ0n) is 19.0. The predicted molar refractivity (Wildman–Crippen MR) is 124 cm³/mol. The number of nitrogens with zero attached hydrogens (tertiary/aromatic N) is 3. The van der Waals surface area contributed by atoms with Gasteiger partial charge in [-0.15, -0.1) is 0 Å².